The Labute approximate surface area is 92.5 Å². The molecule has 1 atom stereocenters. The summed E-state index contributed by atoms with van der Waals surface area (Å²) >= 11 is 11.6. The van der Waals surface area contributed by atoms with Crippen LogP contribution in [0.3, 0.4) is 0 Å². The molecule has 0 aliphatic rings. The summed E-state index contributed by atoms with van der Waals surface area (Å²) < 4.78 is 0. The third-order valence-electron chi connectivity index (χ3n) is 1.82. The van der Waals surface area contributed by atoms with E-state index >= 15 is 0 Å². The summed E-state index contributed by atoms with van der Waals surface area (Å²) in [5.41, 5.74) is -0.676. The molecule has 4 heteroatoms. The molecule has 1 aromatic carbocycles. The Hall–Kier alpha value is -0.570. The molecule has 0 saturated carbocycles. The lowest BCUT2D eigenvalue weighted by Crippen LogP contribution is -2.28. The summed E-state index contributed by atoms with van der Waals surface area (Å²) in [6.45, 7) is 1.44. The fourth-order valence-corrected chi connectivity index (χ4v) is 1.57. The zero-order chi connectivity index (χ0) is 10.8. The number of hydrogen-bond donors (Lipinski definition) is 1. The monoisotopic (exact) mass is 232 g/mol. The minimum atomic E-state index is -1.38. The van der Waals surface area contributed by atoms with Gasteiger partial charge in [-0.1, -0.05) is 29.3 Å². The van der Waals surface area contributed by atoms with E-state index in [1.165, 1.54) is 6.92 Å². The first-order valence-electron chi connectivity index (χ1n) is 4.07. The molecule has 2 nitrogen and oxygen atoms in total. The number of carbonyl (C=O) groups is 1. The van der Waals surface area contributed by atoms with Gasteiger partial charge in [-0.25, -0.2) is 0 Å². The lowest BCUT2D eigenvalue weighted by molar-refractivity contribution is -0.122. The first-order chi connectivity index (χ1) is 6.44. The van der Waals surface area contributed by atoms with Crippen LogP contribution in [-0.2, 0) is 11.2 Å². The molecular formula is C10H10Cl2O2. The second kappa shape index (κ2) is 4.30. The molecule has 1 rings (SSSR count). The van der Waals surface area contributed by atoms with Gasteiger partial charge in [-0.2, -0.15) is 0 Å². The van der Waals surface area contributed by atoms with Crippen molar-refractivity contribution in [2.24, 2.45) is 0 Å². The Bertz CT molecular complexity index is 348. The molecule has 0 saturated heterocycles. The molecule has 0 amide bonds. The number of benzene rings is 1. The highest BCUT2D eigenvalue weighted by atomic mass is 35.5. The van der Waals surface area contributed by atoms with Crippen molar-refractivity contribution in [3.63, 3.8) is 0 Å². The van der Waals surface area contributed by atoms with Gasteiger partial charge in [-0.3, -0.25) is 0 Å². The normalized spacial score (nSPS) is 14.9. The SMILES string of the molecule is CC(O)(C=O)Cc1ccc(Cl)cc1Cl. The maximum absolute atomic E-state index is 10.5. The molecule has 1 unspecified atom stereocenters. The second-order valence-corrected chi connectivity index (χ2v) is 4.23. The van der Waals surface area contributed by atoms with Crippen LogP contribution in [0.2, 0.25) is 10.0 Å². The lowest BCUT2D eigenvalue weighted by atomic mass is 9.98. The summed E-state index contributed by atoms with van der Waals surface area (Å²) in [6.07, 6.45) is 0.685. The third kappa shape index (κ3) is 2.98. The zero-order valence-electron chi connectivity index (χ0n) is 7.63. The predicted octanol–water partition coefficient (Wildman–Crippen LogP) is 2.49. The Balaban J connectivity index is 2.92. The van der Waals surface area contributed by atoms with Gasteiger partial charge in [0.1, 0.15) is 5.60 Å². The minimum absolute atomic E-state index is 0.187. The van der Waals surface area contributed by atoms with Crippen molar-refractivity contribution in [1.82, 2.24) is 0 Å². The summed E-state index contributed by atoms with van der Waals surface area (Å²) in [6, 6.07) is 4.95. The van der Waals surface area contributed by atoms with E-state index in [4.69, 9.17) is 23.2 Å². The van der Waals surface area contributed by atoms with Gasteiger partial charge in [0.25, 0.3) is 0 Å². The van der Waals surface area contributed by atoms with E-state index in [0.717, 1.165) is 0 Å². The summed E-state index contributed by atoms with van der Waals surface area (Å²) in [5, 5.41) is 10.5. The topological polar surface area (TPSA) is 37.3 Å². The molecule has 0 aliphatic carbocycles. The number of halogens is 2. The Morgan fingerprint density at radius 1 is 1.50 bits per heavy atom. The van der Waals surface area contributed by atoms with Crippen LogP contribution >= 0.6 is 23.2 Å². The fourth-order valence-electron chi connectivity index (χ4n) is 1.09. The van der Waals surface area contributed by atoms with Gasteiger partial charge >= 0.3 is 0 Å². The molecular weight excluding hydrogens is 223 g/mol. The smallest absolute Gasteiger partial charge is 0.151 e. The highest BCUT2D eigenvalue weighted by Crippen LogP contribution is 2.23. The third-order valence-corrected chi connectivity index (χ3v) is 2.40. The van der Waals surface area contributed by atoms with E-state index in [1.54, 1.807) is 18.2 Å². The number of rotatable bonds is 3. The van der Waals surface area contributed by atoms with Crippen molar-refractivity contribution in [2.45, 2.75) is 18.9 Å². The van der Waals surface area contributed by atoms with E-state index in [2.05, 4.69) is 0 Å². The maximum Gasteiger partial charge on any atom is 0.151 e. The van der Waals surface area contributed by atoms with Crippen LogP contribution in [0.1, 0.15) is 12.5 Å². The van der Waals surface area contributed by atoms with Crippen LogP contribution in [-0.4, -0.2) is 17.0 Å². The molecule has 0 aromatic heterocycles. The molecule has 1 N–H and O–H groups in total. The van der Waals surface area contributed by atoms with Crippen molar-refractivity contribution < 1.29 is 9.90 Å². The van der Waals surface area contributed by atoms with E-state index in [1.807, 2.05) is 0 Å². The molecule has 76 valence electrons. The first-order valence-corrected chi connectivity index (χ1v) is 4.83. The van der Waals surface area contributed by atoms with Crippen LogP contribution < -0.4 is 0 Å². The average molecular weight is 233 g/mol. The van der Waals surface area contributed by atoms with Gasteiger partial charge in [0.2, 0.25) is 0 Å². The van der Waals surface area contributed by atoms with E-state index in [-0.39, 0.29) is 6.42 Å². The molecule has 0 bridgehead atoms. The minimum Gasteiger partial charge on any atom is -0.382 e. The van der Waals surface area contributed by atoms with Gasteiger partial charge in [0.15, 0.2) is 6.29 Å². The van der Waals surface area contributed by atoms with E-state index in [9.17, 15) is 9.90 Å². The van der Waals surface area contributed by atoms with E-state index < -0.39 is 5.60 Å². The van der Waals surface area contributed by atoms with Crippen LogP contribution in [0.15, 0.2) is 18.2 Å². The average Bonchev–Trinajstić information content (AvgIpc) is 2.10. The highest BCUT2D eigenvalue weighted by molar-refractivity contribution is 6.35. The Kier molecular flexibility index (Phi) is 3.53. The molecule has 0 heterocycles. The van der Waals surface area contributed by atoms with Crippen LogP contribution in [0.4, 0.5) is 0 Å². The van der Waals surface area contributed by atoms with Crippen molar-refractivity contribution in [2.75, 3.05) is 0 Å². The molecule has 14 heavy (non-hydrogen) atoms. The second-order valence-electron chi connectivity index (χ2n) is 3.39. The quantitative estimate of drug-likeness (QED) is 0.814. The molecule has 0 fully saturated rings. The number of aliphatic hydroxyl groups is 1. The van der Waals surface area contributed by atoms with Crippen molar-refractivity contribution in [3.8, 4) is 0 Å². The van der Waals surface area contributed by atoms with Crippen LogP contribution in [0, 0.1) is 0 Å². The number of carbonyl (C=O) groups excluding carboxylic acids is 1. The molecule has 1 aromatic rings. The Morgan fingerprint density at radius 2 is 2.14 bits per heavy atom. The lowest BCUT2D eigenvalue weighted by Gasteiger charge is -2.16. The van der Waals surface area contributed by atoms with Crippen LogP contribution in [0.5, 0.6) is 0 Å². The fraction of sp³-hybridized carbons (Fsp3) is 0.300. The predicted molar refractivity (Wildman–Crippen MR) is 56.9 cm³/mol. The molecule has 0 aliphatic heterocycles. The van der Waals surface area contributed by atoms with Crippen LogP contribution in [0.25, 0.3) is 0 Å². The largest absolute Gasteiger partial charge is 0.382 e. The summed E-state index contributed by atoms with van der Waals surface area (Å²) in [5.74, 6) is 0. The molecule has 0 radical (unpaired) electrons. The van der Waals surface area contributed by atoms with Crippen molar-refractivity contribution >= 4 is 29.5 Å². The highest BCUT2D eigenvalue weighted by Gasteiger charge is 2.20. The Morgan fingerprint density at radius 3 is 2.64 bits per heavy atom. The number of aldehydes is 1. The van der Waals surface area contributed by atoms with Crippen molar-refractivity contribution in [1.29, 1.82) is 0 Å². The zero-order valence-corrected chi connectivity index (χ0v) is 9.14. The van der Waals surface area contributed by atoms with Gasteiger partial charge in [0, 0.05) is 16.5 Å². The first kappa shape index (κ1) is 11.5. The van der Waals surface area contributed by atoms with Gasteiger partial charge in [-0.15, -0.1) is 0 Å². The standard InChI is InChI=1S/C10H10Cl2O2/c1-10(14,6-13)5-7-2-3-8(11)4-9(7)12/h2-4,6,14H,5H2,1H3. The summed E-state index contributed by atoms with van der Waals surface area (Å²) in [7, 11) is 0. The van der Waals surface area contributed by atoms with E-state index in [0.29, 0.717) is 21.9 Å². The molecule has 0 spiro atoms. The van der Waals surface area contributed by atoms with Crippen molar-refractivity contribution in [3.05, 3.63) is 33.8 Å². The van der Waals surface area contributed by atoms with Gasteiger partial charge in [-0.05, 0) is 24.6 Å². The summed E-state index contributed by atoms with van der Waals surface area (Å²) in [4.78, 5) is 10.5. The maximum atomic E-state index is 10.5. The van der Waals surface area contributed by atoms with Gasteiger partial charge < -0.3 is 9.90 Å². The number of hydrogen-bond acceptors (Lipinski definition) is 2. The van der Waals surface area contributed by atoms with Gasteiger partial charge in [0.05, 0.1) is 0 Å².